The summed E-state index contributed by atoms with van der Waals surface area (Å²) in [5.74, 6) is 1.77. The average molecular weight is 409 g/mol. The number of aliphatic hydroxyl groups excluding tert-OH is 1. The Kier molecular flexibility index (Phi) is 7.97. The van der Waals surface area contributed by atoms with Crippen LogP contribution in [0.3, 0.4) is 0 Å². The second kappa shape index (κ2) is 11.1. The average Bonchev–Trinajstić information content (AvgIpc) is 3.24. The fraction of sp³-hybridized carbons (Fsp3) is 0.348. The SMILES string of the molecule is COc1ccccc1CCc1nnc(CCC(=O)N(CCO)Cc2ccccc2)o1. The highest BCUT2D eigenvalue weighted by atomic mass is 16.5. The van der Waals surface area contributed by atoms with E-state index in [2.05, 4.69) is 10.2 Å². The molecule has 7 nitrogen and oxygen atoms in total. The highest BCUT2D eigenvalue weighted by Gasteiger charge is 2.16. The van der Waals surface area contributed by atoms with Crippen molar-refractivity contribution < 1.29 is 19.1 Å². The predicted octanol–water partition coefficient (Wildman–Crippen LogP) is 2.82. The maximum Gasteiger partial charge on any atom is 0.223 e. The van der Waals surface area contributed by atoms with Gasteiger partial charge >= 0.3 is 0 Å². The van der Waals surface area contributed by atoms with Crippen LogP contribution in [0.25, 0.3) is 0 Å². The molecule has 0 saturated heterocycles. The summed E-state index contributed by atoms with van der Waals surface area (Å²) >= 11 is 0. The van der Waals surface area contributed by atoms with Gasteiger partial charge in [-0.25, -0.2) is 0 Å². The smallest absolute Gasteiger partial charge is 0.223 e. The highest BCUT2D eigenvalue weighted by Crippen LogP contribution is 2.19. The van der Waals surface area contributed by atoms with Crippen molar-refractivity contribution in [2.45, 2.75) is 32.2 Å². The third kappa shape index (κ3) is 6.15. The molecule has 1 N–H and O–H groups in total. The largest absolute Gasteiger partial charge is 0.496 e. The fourth-order valence-electron chi connectivity index (χ4n) is 3.23. The summed E-state index contributed by atoms with van der Waals surface area (Å²) < 4.78 is 11.1. The van der Waals surface area contributed by atoms with Gasteiger partial charge in [0.1, 0.15) is 5.75 Å². The highest BCUT2D eigenvalue weighted by molar-refractivity contribution is 5.76. The van der Waals surface area contributed by atoms with Crippen LogP contribution in [0.1, 0.15) is 29.3 Å². The number of aromatic nitrogens is 2. The van der Waals surface area contributed by atoms with Gasteiger partial charge in [0.05, 0.1) is 13.7 Å². The lowest BCUT2D eigenvalue weighted by molar-refractivity contribution is -0.132. The number of hydrogen-bond acceptors (Lipinski definition) is 6. The van der Waals surface area contributed by atoms with Crippen LogP contribution in [-0.2, 0) is 30.6 Å². The quantitative estimate of drug-likeness (QED) is 0.524. The van der Waals surface area contributed by atoms with E-state index < -0.39 is 0 Å². The molecule has 0 aliphatic carbocycles. The number of rotatable bonds is 11. The van der Waals surface area contributed by atoms with Gasteiger partial charge in [-0.05, 0) is 23.6 Å². The van der Waals surface area contributed by atoms with Crippen molar-refractivity contribution in [2.75, 3.05) is 20.3 Å². The number of amides is 1. The van der Waals surface area contributed by atoms with Gasteiger partial charge in [0.15, 0.2) is 0 Å². The van der Waals surface area contributed by atoms with E-state index in [4.69, 9.17) is 9.15 Å². The molecule has 3 aromatic rings. The van der Waals surface area contributed by atoms with Gasteiger partial charge < -0.3 is 19.2 Å². The first kappa shape index (κ1) is 21.5. The van der Waals surface area contributed by atoms with Crippen molar-refractivity contribution in [1.29, 1.82) is 0 Å². The van der Waals surface area contributed by atoms with E-state index in [1.165, 1.54) is 0 Å². The number of ether oxygens (including phenoxy) is 1. The van der Waals surface area contributed by atoms with Crippen molar-refractivity contribution >= 4 is 5.91 Å². The number of para-hydroxylation sites is 1. The molecule has 2 aromatic carbocycles. The molecule has 0 bridgehead atoms. The molecule has 1 heterocycles. The van der Waals surface area contributed by atoms with Gasteiger partial charge in [-0.3, -0.25) is 4.79 Å². The molecule has 1 amide bonds. The minimum atomic E-state index is -0.0772. The Bertz CT molecular complexity index is 927. The third-order valence-electron chi connectivity index (χ3n) is 4.80. The lowest BCUT2D eigenvalue weighted by atomic mass is 10.1. The van der Waals surface area contributed by atoms with Crippen LogP contribution in [0.15, 0.2) is 59.0 Å². The lowest BCUT2D eigenvalue weighted by Crippen LogP contribution is -2.33. The van der Waals surface area contributed by atoms with Crippen LogP contribution in [0, 0.1) is 0 Å². The number of benzene rings is 2. The van der Waals surface area contributed by atoms with E-state index >= 15 is 0 Å². The van der Waals surface area contributed by atoms with E-state index in [1.807, 2.05) is 54.6 Å². The molecule has 1 aromatic heterocycles. The second-order valence-corrected chi connectivity index (χ2v) is 6.93. The Balaban J connectivity index is 1.51. The first-order chi connectivity index (χ1) is 14.7. The number of hydrogen-bond donors (Lipinski definition) is 1. The first-order valence-corrected chi connectivity index (χ1v) is 10.1. The Hall–Kier alpha value is -3.19. The zero-order valence-corrected chi connectivity index (χ0v) is 17.2. The van der Waals surface area contributed by atoms with Crippen molar-refractivity contribution in [3.05, 3.63) is 77.5 Å². The summed E-state index contributed by atoms with van der Waals surface area (Å²) in [6.45, 7) is 0.683. The van der Waals surface area contributed by atoms with Crippen LogP contribution >= 0.6 is 0 Å². The number of carbonyl (C=O) groups is 1. The van der Waals surface area contributed by atoms with Crippen LogP contribution in [0.4, 0.5) is 0 Å². The summed E-state index contributed by atoms with van der Waals surface area (Å²) in [6.07, 6.45) is 1.95. The molecule has 0 aliphatic heterocycles. The summed E-state index contributed by atoms with van der Waals surface area (Å²) in [5, 5.41) is 17.5. The molecular weight excluding hydrogens is 382 g/mol. The molecule has 0 radical (unpaired) electrons. The zero-order chi connectivity index (χ0) is 21.2. The van der Waals surface area contributed by atoms with Crippen molar-refractivity contribution in [2.24, 2.45) is 0 Å². The molecule has 7 heteroatoms. The minimum absolute atomic E-state index is 0.0540. The van der Waals surface area contributed by atoms with E-state index in [0.29, 0.717) is 37.7 Å². The number of carbonyl (C=O) groups excluding carboxylic acids is 1. The molecule has 0 aliphatic rings. The van der Waals surface area contributed by atoms with Crippen molar-refractivity contribution in [3.8, 4) is 5.75 Å². The van der Waals surface area contributed by atoms with Crippen LogP contribution < -0.4 is 4.74 Å². The van der Waals surface area contributed by atoms with Crippen molar-refractivity contribution in [1.82, 2.24) is 15.1 Å². The van der Waals surface area contributed by atoms with E-state index in [-0.39, 0.29) is 18.9 Å². The lowest BCUT2D eigenvalue weighted by Gasteiger charge is -2.21. The third-order valence-corrected chi connectivity index (χ3v) is 4.80. The molecule has 0 spiro atoms. The Morgan fingerprint density at radius 1 is 1.00 bits per heavy atom. The maximum absolute atomic E-state index is 12.6. The zero-order valence-electron chi connectivity index (χ0n) is 17.2. The predicted molar refractivity (Wildman–Crippen MR) is 112 cm³/mol. The number of aryl methyl sites for hydroxylation is 3. The molecule has 30 heavy (non-hydrogen) atoms. The molecule has 0 saturated carbocycles. The second-order valence-electron chi connectivity index (χ2n) is 6.93. The van der Waals surface area contributed by atoms with Gasteiger partial charge in [0.25, 0.3) is 0 Å². The van der Waals surface area contributed by atoms with Crippen LogP contribution in [0.5, 0.6) is 5.75 Å². The minimum Gasteiger partial charge on any atom is -0.496 e. The van der Waals surface area contributed by atoms with E-state index in [1.54, 1.807) is 12.0 Å². The van der Waals surface area contributed by atoms with Gasteiger partial charge in [0.2, 0.25) is 17.7 Å². The fourth-order valence-corrected chi connectivity index (χ4v) is 3.23. The number of nitrogens with zero attached hydrogens (tertiary/aromatic N) is 3. The van der Waals surface area contributed by atoms with E-state index in [9.17, 15) is 9.90 Å². The normalized spacial score (nSPS) is 10.7. The summed E-state index contributed by atoms with van der Waals surface area (Å²) in [6, 6.07) is 17.6. The first-order valence-electron chi connectivity index (χ1n) is 10.1. The molecular formula is C23H27N3O4. The Morgan fingerprint density at radius 3 is 2.43 bits per heavy atom. The molecule has 0 unspecified atom stereocenters. The number of methoxy groups -OCH3 is 1. The summed E-state index contributed by atoms with van der Waals surface area (Å²) in [7, 11) is 1.65. The molecule has 0 atom stereocenters. The molecule has 3 rings (SSSR count). The van der Waals surface area contributed by atoms with Gasteiger partial charge in [-0.1, -0.05) is 48.5 Å². The van der Waals surface area contributed by atoms with Crippen LogP contribution in [0.2, 0.25) is 0 Å². The van der Waals surface area contributed by atoms with Crippen molar-refractivity contribution in [3.63, 3.8) is 0 Å². The summed E-state index contributed by atoms with van der Waals surface area (Å²) in [5.41, 5.74) is 2.10. The maximum atomic E-state index is 12.6. The molecule has 0 fully saturated rings. The molecule has 158 valence electrons. The summed E-state index contributed by atoms with van der Waals surface area (Å²) in [4.78, 5) is 14.3. The standard InChI is InChI=1S/C23H27N3O4/c1-29-20-10-6-5-9-19(20)11-12-21-24-25-22(30-21)13-14-23(28)26(15-16-27)17-18-7-3-2-4-8-18/h2-10,27H,11-17H2,1H3. The monoisotopic (exact) mass is 409 g/mol. The topological polar surface area (TPSA) is 88.7 Å². The van der Waals surface area contributed by atoms with Crippen LogP contribution in [-0.4, -0.2) is 46.4 Å². The number of aliphatic hydroxyl groups is 1. The Labute approximate surface area is 176 Å². The van der Waals surface area contributed by atoms with Gasteiger partial charge in [-0.2, -0.15) is 0 Å². The van der Waals surface area contributed by atoms with Gasteiger partial charge in [-0.15, -0.1) is 10.2 Å². The van der Waals surface area contributed by atoms with E-state index in [0.717, 1.165) is 23.3 Å². The van der Waals surface area contributed by atoms with Gasteiger partial charge in [0, 0.05) is 32.4 Å². The Morgan fingerprint density at radius 2 is 1.70 bits per heavy atom.